The van der Waals surface area contributed by atoms with E-state index >= 15 is 0 Å². The number of rotatable bonds is 6. The van der Waals surface area contributed by atoms with Crippen molar-refractivity contribution in [3.63, 3.8) is 0 Å². The molecular weight excluding hydrogens is 366 g/mol. The number of benzene rings is 1. The van der Waals surface area contributed by atoms with Gasteiger partial charge in [0.05, 0.1) is 44.8 Å². The Labute approximate surface area is 162 Å². The third kappa shape index (κ3) is 4.06. The minimum atomic E-state index is -0.616. The molecule has 0 unspecified atom stereocenters. The predicted octanol–water partition coefficient (Wildman–Crippen LogP) is 1.26. The van der Waals surface area contributed by atoms with Crippen molar-refractivity contribution in [3.05, 3.63) is 29.6 Å². The van der Waals surface area contributed by atoms with Crippen molar-refractivity contribution in [2.45, 2.75) is 18.9 Å². The van der Waals surface area contributed by atoms with Crippen LogP contribution in [0.2, 0.25) is 0 Å². The van der Waals surface area contributed by atoms with Crippen LogP contribution in [0.4, 0.5) is 5.69 Å². The summed E-state index contributed by atoms with van der Waals surface area (Å²) in [5, 5.41) is 14.0. The van der Waals surface area contributed by atoms with Gasteiger partial charge in [-0.05, 0) is 25.9 Å². The molecule has 1 aliphatic heterocycles. The number of esters is 1. The van der Waals surface area contributed by atoms with Gasteiger partial charge in [-0.2, -0.15) is 0 Å². The second-order valence-electron chi connectivity index (χ2n) is 6.26. The van der Waals surface area contributed by atoms with Gasteiger partial charge in [-0.3, -0.25) is 4.79 Å². The Kier molecular flexibility index (Phi) is 6.09. The van der Waals surface area contributed by atoms with Crippen LogP contribution in [0.1, 0.15) is 39.7 Å². The molecule has 10 heteroatoms. The van der Waals surface area contributed by atoms with Crippen LogP contribution in [0.3, 0.4) is 0 Å². The Bertz CT molecular complexity index is 860. The topological polar surface area (TPSA) is 117 Å². The molecule has 0 bridgehead atoms. The maximum absolute atomic E-state index is 12.7. The summed E-state index contributed by atoms with van der Waals surface area (Å²) in [6.45, 7) is 1.81. The lowest BCUT2D eigenvalue weighted by Gasteiger charge is -2.22. The summed E-state index contributed by atoms with van der Waals surface area (Å²) in [4.78, 5) is 24.8. The highest BCUT2D eigenvalue weighted by molar-refractivity contribution is 6.07. The van der Waals surface area contributed by atoms with Crippen LogP contribution < -0.4 is 20.1 Å². The summed E-state index contributed by atoms with van der Waals surface area (Å²) >= 11 is 0. The minimum absolute atomic E-state index is 0.138. The highest BCUT2D eigenvalue weighted by Gasteiger charge is 2.22. The Balaban J connectivity index is 1.84. The Morgan fingerprint density at radius 2 is 1.82 bits per heavy atom. The van der Waals surface area contributed by atoms with Crippen molar-refractivity contribution in [2.75, 3.05) is 39.7 Å². The zero-order chi connectivity index (χ0) is 20.1. The number of methoxy groups -OCH3 is 3. The van der Waals surface area contributed by atoms with Gasteiger partial charge in [-0.25, -0.2) is 9.48 Å². The molecular formula is C18H23N5O5. The van der Waals surface area contributed by atoms with Gasteiger partial charge >= 0.3 is 5.97 Å². The van der Waals surface area contributed by atoms with Crippen LogP contribution in [0.15, 0.2) is 18.3 Å². The molecule has 10 nitrogen and oxygen atoms in total. The molecule has 2 aromatic rings. The molecule has 1 aliphatic rings. The molecule has 28 heavy (non-hydrogen) atoms. The first-order chi connectivity index (χ1) is 13.6. The lowest BCUT2D eigenvalue weighted by atomic mass is 10.1. The van der Waals surface area contributed by atoms with Crippen LogP contribution >= 0.6 is 0 Å². The number of piperidine rings is 1. The second-order valence-corrected chi connectivity index (χ2v) is 6.26. The van der Waals surface area contributed by atoms with Crippen molar-refractivity contribution < 1.29 is 23.8 Å². The first-order valence-corrected chi connectivity index (χ1v) is 8.85. The summed E-state index contributed by atoms with van der Waals surface area (Å²) in [7, 11) is 4.18. The van der Waals surface area contributed by atoms with Gasteiger partial charge in [0.2, 0.25) is 0 Å². The number of ether oxygens (including phenoxy) is 3. The zero-order valence-corrected chi connectivity index (χ0v) is 16.0. The van der Waals surface area contributed by atoms with E-state index in [0.717, 1.165) is 25.9 Å². The number of carbonyl (C=O) groups is 2. The molecule has 2 heterocycles. The van der Waals surface area contributed by atoms with E-state index in [1.54, 1.807) is 10.9 Å². The SMILES string of the molecule is COC(=O)c1cc(OC)c(OC)cc1NC(=O)c1cn(C2CCNCC2)nn1. The molecule has 1 amide bonds. The number of anilines is 1. The third-order valence-corrected chi connectivity index (χ3v) is 4.60. The maximum atomic E-state index is 12.7. The number of nitrogens with one attached hydrogen (secondary N) is 2. The molecule has 2 N–H and O–H groups in total. The van der Waals surface area contributed by atoms with E-state index in [-0.39, 0.29) is 23.0 Å². The van der Waals surface area contributed by atoms with Crippen LogP contribution in [-0.4, -0.2) is 61.3 Å². The van der Waals surface area contributed by atoms with Gasteiger partial charge in [-0.15, -0.1) is 5.10 Å². The van der Waals surface area contributed by atoms with Crippen LogP contribution in [0, 0.1) is 0 Å². The summed E-state index contributed by atoms with van der Waals surface area (Å²) in [6, 6.07) is 3.16. The van der Waals surface area contributed by atoms with E-state index in [9.17, 15) is 9.59 Å². The van der Waals surface area contributed by atoms with Crippen LogP contribution in [0.25, 0.3) is 0 Å². The quantitative estimate of drug-likeness (QED) is 0.709. The fourth-order valence-corrected chi connectivity index (χ4v) is 3.08. The van der Waals surface area contributed by atoms with Gasteiger partial charge in [0.15, 0.2) is 17.2 Å². The minimum Gasteiger partial charge on any atom is -0.493 e. The van der Waals surface area contributed by atoms with Crippen molar-refractivity contribution in [1.29, 1.82) is 0 Å². The number of carbonyl (C=O) groups excluding carboxylic acids is 2. The van der Waals surface area contributed by atoms with E-state index < -0.39 is 11.9 Å². The summed E-state index contributed by atoms with van der Waals surface area (Å²) in [5.74, 6) is -0.395. The molecule has 1 aromatic carbocycles. The Morgan fingerprint density at radius 3 is 2.46 bits per heavy atom. The molecule has 150 valence electrons. The highest BCUT2D eigenvalue weighted by Crippen LogP contribution is 2.34. The average Bonchev–Trinajstić information content (AvgIpc) is 3.24. The lowest BCUT2D eigenvalue weighted by molar-refractivity contribution is 0.0601. The van der Waals surface area contributed by atoms with E-state index in [1.807, 2.05) is 0 Å². The zero-order valence-electron chi connectivity index (χ0n) is 16.0. The first kappa shape index (κ1) is 19.6. The number of amides is 1. The summed E-state index contributed by atoms with van der Waals surface area (Å²) < 4.78 is 17.0. The van der Waals surface area contributed by atoms with Gasteiger partial charge < -0.3 is 24.8 Å². The molecule has 1 saturated heterocycles. The van der Waals surface area contributed by atoms with Crippen molar-refractivity contribution in [3.8, 4) is 11.5 Å². The normalized spacial score (nSPS) is 14.4. The van der Waals surface area contributed by atoms with Crippen LogP contribution in [-0.2, 0) is 4.74 Å². The largest absolute Gasteiger partial charge is 0.493 e. The van der Waals surface area contributed by atoms with Gasteiger partial charge in [0.25, 0.3) is 5.91 Å². The highest BCUT2D eigenvalue weighted by atomic mass is 16.5. The predicted molar refractivity (Wildman–Crippen MR) is 100 cm³/mol. The molecule has 1 fully saturated rings. The van der Waals surface area contributed by atoms with E-state index in [1.165, 1.54) is 33.5 Å². The number of nitrogens with zero attached hydrogens (tertiary/aromatic N) is 3. The lowest BCUT2D eigenvalue weighted by Crippen LogP contribution is -2.29. The van der Waals surface area contributed by atoms with Crippen LogP contribution in [0.5, 0.6) is 11.5 Å². The smallest absolute Gasteiger partial charge is 0.340 e. The first-order valence-electron chi connectivity index (χ1n) is 8.85. The van der Waals surface area contributed by atoms with Gasteiger partial charge in [0, 0.05) is 12.1 Å². The van der Waals surface area contributed by atoms with Crippen molar-refractivity contribution in [2.24, 2.45) is 0 Å². The monoisotopic (exact) mass is 389 g/mol. The Hall–Kier alpha value is -3.14. The maximum Gasteiger partial charge on any atom is 0.340 e. The molecule has 0 saturated carbocycles. The summed E-state index contributed by atoms with van der Waals surface area (Å²) in [6.07, 6.45) is 3.46. The molecule has 3 rings (SSSR count). The standard InChI is InChI=1S/C18H23N5O5/c1-26-15-8-12(18(25)28-3)13(9-16(15)27-2)20-17(24)14-10-23(22-21-14)11-4-6-19-7-5-11/h8-11,19H,4-7H2,1-3H3,(H,20,24). The van der Waals surface area contributed by atoms with E-state index in [4.69, 9.17) is 14.2 Å². The van der Waals surface area contributed by atoms with Crippen molar-refractivity contribution >= 4 is 17.6 Å². The molecule has 0 radical (unpaired) electrons. The fourth-order valence-electron chi connectivity index (χ4n) is 3.08. The number of hydrogen-bond acceptors (Lipinski definition) is 8. The molecule has 0 spiro atoms. The molecule has 0 atom stereocenters. The van der Waals surface area contributed by atoms with Crippen molar-refractivity contribution in [1.82, 2.24) is 20.3 Å². The average molecular weight is 389 g/mol. The number of hydrogen-bond donors (Lipinski definition) is 2. The second kappa shape index (κ2) is 8.70. The molecule has 1 aromatic heterocycles. The Morgan fingerprint density at radius 1 is 1.14 bits per heavy atom. The van der Waals surface area contributed by atoms with Gasteiger partial charge in [-0.1, -0.05) is 5.21 Å². The van der Waals surface area contributed by atoms with Gasteiger partial charge in [0.1, 0.15) is 0 Å². The fraction of sp³-hybridized carbons (Fsp3) is 0.444. The number of aromatic nitrogens is 3. The summed E-state index contributed by atoms with van der Waals surface area (Å²) in [5.41, 5.74) is 0.522. The third-order valence-electron chi connectivity index (χ3n) is 4.60. The van der Waals surface area contributed by atoms with E-state index in [0.29, 0.717) is 11.5 Å². The van der Waals surface area contributed by atoms with E-state index in [2.05, 4.69) is 20.9 Å². The molecule has 0 aliphatic carbocycles.